The molecule has 2 heterocycles. The SMILES string of the molecule is C=CC(=O)N1CCC(n2cc(N(C)C)cn2)CC1. The van der Waals surface area contributed by atoms with E-state index < -0.39 is 0 Å². The molecule has 1 amide bonds. The Morgan fingerprint density at radius 3 is 2.67 bits per heavy atom. The molecule has 1 aliphatic rings. The van der Waals surface area contributed by atoms with Gasteiger partial charge < -0.3 is 9.80 Å². The summed E-state index contributed by atoms with van der Waals surface area (Å²) >= 11 is 0. The Morgan fingerprint density at radius 2 is 2.17 bits per heavy atom. The molecule has 5 nitrogen and oxygen atoms in total. The molecule has 98 valence electrons. The van der Waals surface area contributed by atoms with Gasteiger partial charge >= 0.3 is 0 Å². The Morgan fingerprint density at radius 1 is 1.50 bits per heavy atom. The summed E-state index contributed by atoms with van der Waals surface area (Å²) in [6, 6.07) is 0.396. The first-order valence-electron chi connectivity index (χ1n) is 6.24. The van der Waals surface area contributed by atoms with Crippen molar-refractivity contribution in [3.05, 3.63) is 25.0 Å². The van der Waals surface area contributed by atoms with E-state index in [0.717, 1.165) is 31.6 Å². The summed E-state index contributed by atoms with van der Waals surface area (Å²) in [5.41, 5.74) is 1.11. The first-order valence-corrected chi connectivity index (χ1v) is 6.24. The molecule has 18 heavy (non-hydrogen) atoms. The monoisotopic (exact) mass is 248 g/mol. The number of aromatic nitrogens is 2. The van der Waals surface area contributed by atoms with E-state index in [1.54, 1.807) is 0 Å². The molecule has 0 radical (unpaired) electrons. The van der Waals surface area contributed by atoms with Crippen LogP contribution in [0.5, 0.6) is 0 Å². The van der Waals surface area contributed by atoms with E-state index in [4.69, 9.17) is 0 Å². The number of amides is 1. The lowest BCUT2D eigenvalue weighted by Crippen LogP contribution is -2.38. The van der Waals surface area contributed by atoms with Crippen LogP contribution in [0.2, 0.25) is 0 Å². The largest absolute Gasteiger partial charge is 0.375 e. The topological polar surface area (TPSA) is 41.4 Å². The summed E-state index contributed by atoms with van der Waals surface area (Å²) in [5, 5.41) is 4.40. The van der Waals surface area contributed by atoms with Crippen molar-refractivity contribution < 1.29 is 4.79 Å². The van der Waals surface area contributed by atoms with Gasteiger partial charge in [-0.05, 0) is 18.9 Å². The summed E-state index contributed by atoms with van der Waals surface area (Å²) in [5.74, 6) is 0.0305. The van der Waals surface area contributed by atoms with Crippen molar-refractivity contribution in [3.8, 4) is 0 Å². The highest BCUT2D eigenvalue weighted by Gasteiger charge is 2.23. The van der Waals surface area contributed by atoms with Crippen molar-refractivity contribution in [3.63, 3.8) is 0 Å². The van der Waals surface area contributed by atoms with Crippen LogP contribution in [0, 0.1) is 0 Å². The molecule has 1 aromatic heterocycles. The van der Waals surface area contributed by atoms with Gasteiger partial charge in [0.25, 0.3) is 0 Å². The predicted molar refractivity (Wildman–Crippen MR) is 71.6 cm³/mol. The smallest absolute Gasteiger partial charge is 0.245 e. The highest BCUT2D eigenvalue weighted by atomic mass is 16.2. The van der Waals surface area contributed by atoms with Gasteiger partial charge in [-0.25, -0.2) is 0 Å². The van der Waals surface area contributed by atoms with Crippen molar-refractivity contribution in [2.45, 2.75) is 18.9 Å². The molecule has 0 saturated carbocycles. The van der Waals surface area contributed by atoms with Gasteiger partial charge in [-0.1, -0.05) is 6.58 Å². The number of hydrogen-bond donors (Lipinski definition) is 0. The maximum absolute atomic E-state index is 11.5. The molecule has 2 rings (SSSR count). The highest BCUT2D eigenvalue weighted by molar-refractivity contribution is 5.87. The summed E-state index contributed by atoms with van der Waals surface area (Å²) in [6.45, 7) is 5.09. The molecule has 1 aromatic rings. The average Bonchev–Trinajstić information content (AvgIpc) is 2.88. The molecular formula is C13H20N4O. The number of carbonyl (C=O) groups is 1. The van der Waals surface area contributed by atoms with Crippen LogP contribution in [0.4, 0.5) is 5.69 Å². The third kappa shape index (κ3) is 2.55. The van der Waals surface area contributed by atoms with Gasteiger partial charge in [-0.3, -0.25) is 9.48 Å². The molecule has 0 bridgehead atoms. The Balaban J connectivity index is 1.96. The van der Waals surface area contributed by atoms with E-state index in [1.165, 1.54) is 6.08 Å². The highest BCUT2D eigenvalue weighted by Crippen LogP contribution is 2.23. The Kier molecular flexibility index (Phi) is 3.69. The van der Waals surface area contributed by atoms with Crippen LogP contribution in [0.15, 0.2) is 25.0 Å². The van der Waals surface area contributed by atoms with Gasteiger partial charge in [0.05, 0.1) is 17.9 Å². The molecule has 1 fully saturated rings. The van der Waals surface area contributed by atoms with Crippen molar-refractivity contribution in [2.24, 2.45) is 0 Å². The number of likely N-dealkylation sites (tertiary alicyclic amines) is 1. The zero-order valence-electron chi connectivity index (χ0n) is 11.0. The Labute approximate surface area is 108 Å². The quantitative estimate of drug-likeness (QED) is 0.757. The van der Waals surface area contributed by atoms with Gasteiger partial charge in [0, 0.05) is 33.4 Å². The van der Waals surface area contributed by atoms with E-state index in [1.807, 2.05) is 34.8 Å². The van der Waals surface area contributed by atoms with Crippen LogP contribution in [0.1, 0.15) is 18.9 Å². The normalized spacial score (nSPS) is 16.7. The van der Waals surface area contributed by atoms with Crippen molar-refractivity contribution >= 4 is 11.6 Å². The van der Waals surface area contributed by atoms with Crippen LogP contribution in [-0.2, 0) is 4.79 Å². The lowest BCUT2D eigenvalue weighted by Gasteiger charge is -2.31. The molecule has 5 heteroatoms. The van der Waals surface area contributed by atoms with Crippen LogP contribution in [0.3, 0.4) is 0 Å². The summed E-state index contributed by atoms with van der Waals surface area (Å²) in [7, 11) is 4.01. The average molecular weight is 248 g/mol. The minimum Gasteiger partial charge on any atom is -0.375 e. The van der Waals surface area contributed by atoms with E-state index in [-0.39, 0.29) is 5.91 Å². The third-order valence-electron chi connectivity index (χ3n) is 3.43. The number of piperidine rings is 1. The zero-order valence-corrected chi connectivity index (χ0v) is 11.0. The fourth-order valence-corrected chi connectivity index (χ4v) is 2.24. The second-order valence-electron chi connectivity index (χ2n) is 4.83. The molecule has 0 aliphatic carbocycles. The molecule has 0 N–H and O–H groups in total. The molecular weight excluding hydrogens is 228 g/mol. The van der Waals surface area contributed by atoms with Crippen LogP contribution in [0.25, 0.3) is 0 Å². The minimum absolute atomic E-state index is 0.0305. The van der Waals surface area contributed by atoms with Crippen molar-refractivity contribution in [2.75, 3.05) is 32.1 Å². The van der Waals surface area contributed by atoms with Gasteiger partial charge in [-0.2, -0.15) is 5.10 Å². The molecule has 0 atom stereocenters. The lowest BCUT2D eigenvalue weighted by molar-refractivity contribution is -0.127. The van der Waals surface area contributed by atoms with Crippen LogP contribution < -0.4 is 4.90 Å². The van der Waals surface area contributed by atoms with E-state index in [2.05, 4.69) is 17.9 Å². The van der Waals surface area contributed by atoms with Crippen LogP contribution in [-0.4, -0.2) is 47.8 Å². The van der Waals surface area contributed by atoms with E-state index >= 15 is 0 Å². The third-order valence-corrected chi connectivity index (χ3v) is 3.43. The number of carbonyl (C=O) groups excluding carboxylic acids is 1. The van der Waals surface area contributed by atoms with Gasteiger partial charge in [0.1, 0.15) is 0 Å². The van der Waals surface area contributed by atoms with Crippen molar-refractivity contribution in [1.29, 1.82) is 0 Å². The van der Waals surface area contributed by atoms with Gasteiger partial charge in [0.2, 0.25) is 5.91 Å². The molecule has 0 unspecified atom stereocenters. The second kappa shape index (κ2) is 5.25. The Bertz CT molecular complexity index is 430. The summed E-state index contributed by atoms with van der Waals surface area (Å²) < 4.78 is 2.02. The Hall–Kier alpha value is -1.78. The lowest BCUT2D eigenvalue weighted by atomic mass is 10.1. The van der Waals surface area contributed by atoms with E-state index in [0.29, 0.717) is 6.04 Å². The minimum atomic E-state index is 0.0305. The number of nitrogens with zero attached hydrogens (tertiary/aromatic N) is 4. The second-order valence-corrected chi connectivity index (χ2v) is 4.83. The maximum Gasteiger partial charge on any atom is 0.245 e. The van der Waals surface area contributed by atoms with E-state index in [9.17, 15) is 4.79 Å². The molecule has 1 aliphatic heterocycles. The molecule has 1 saturated heterocycles. The molecule has 0 spiro atoms. The van der Waals surface area contributed by atoms with Gasteiger partial charge in [-0.15, -0.1) is 0 Å². The fraction of sp³-hybridized carbons (Fsp3) is 0.538. The number of anilines is 1. The zero-order chi connectivity index (χ0) is 13.1. The summed E-state index contributed by atoms with van der Waals surface area (Å²) in [4.78, 5) is 15.4. The predicted octanol–water partition coefficient (Wildman–Crippen LogP) is 1.30. The first-order chi connectivity index (χ1) is 8.61. The standard InChI is InChI=1S/C13H20N4O/c1-4-13(18)16-7-5-11(6-8-16)17-10-12(9-14-17)15(2)3/h4,9-11H,1,5-8H2,2-3H3. The number of hydrogen-bond acceptors (Lipinski definition) is 3. The molecule has 0 aromatic carbocycles. The fourth-order valence-electron chi connectivity index (χ4n) is 2.24. The maximum atomic E-state index is 11.5. The van der Waals surface area contributed by atoms with Crippen LogP contribution >= 0.6 is 0 Å². The number of rotatable bonds is 3. The van der Waals surface area contributed by atoms with Crippen molar-refractivity contribution in [1.82, 2.24) is 14.7 Å². The first kappa shape index (κ1) is 12.7. The summed E-state index contributed by atoms with van der Waals surface area (Å²) in [6.07, 6.45) is 7.23. The van der Waals surface area contributed by atoms with Gasteiger partial charge in [0.15, 0.2) is 0 Å².